The lowest BCUT2D eigenvalue weighted by molar-refractivity contribution is -0.139. The van der Waals surface area contributed by atoms with E-state index >= 15 is 0 Å². The monoisotopic (exact) mass is 532 g/mol. The van der Waals surface area contributed by atoms with Crippen molar-refractivity contribution in [2.75, 3.05) is 6.61 Å². The molecule has 1 N–H and O–H groups in total. The average molecular weight is 534 g/mol. The number of allylic oxidation sites excluding steroid dienone is 1. The minimum Gasteiger partial charge on any atom is -0.507 e. The normalized spacial score (nSPS) is 16.0. The Bertz CT molecular complexity index is 1440. The van der Waals surface area contributed by atoms with Crippen LogP contribution in [0.1, 0.15) is 31.0 Å². The number of rotatable bonds is 4. The van der Waals surface area contributed by atoms with Crippen LogP contribution in [0.25, 0.3) is 6.08 Å². The van der Waals surface area contributed by atoms with E-state index in [-0.39, 0.29) is 23.5 Å². The van der Waals surface area contributed by atoms with Crippen LogP contribution in [0.4, 0.5) is 0 Å². The summed E-state index contributed by atoms with van der Waals surface area (Å²) in [6, 6.07) is 11.3. The fourth-order valence-corrected chi connectivity index (χ4v) is 5.23. The molecular formula is C23H18BrClN2O4S. The first-order valence-electron chi connectivity index (χ1n) is 9.74. The Labute approximate surface area is 200 Å². The van der Waals surface area contributed by atoms with Gasteiger partial charge in [-0.15, -0.1) is 0 Å². The van der Waals surface area contributed by atoms with Crippen LogP contribution < -0.4 is 14.9 Å². The number of thiazole rings is 1. The maximum absolute atomic E-state index is 13.5. The van der Waals surface area contributed by atoms with E-state index in [9.17, 15) is 14.7 Å². The van der Waals surface area contributed by atoms with E-state index in [1.165, 1.54) is 15.9 Å². The van der Waals surface area contributed by atoms with Gasteiger partial charge >= 0.3 is 5.97 Å². The second-order valence-electron chi connectivity index (χ2n) is 7.03. The zero-order valence-electron chi connectivity index (χ0n) is 17.1. The zero-order valence-corrected chi connectivity index (χ0v) is 20.3. The first-order chi connectivity index (χ1) is 15.3. The Morgan fingerprint density at radius 1 is 1.34 bits per heavy atom. The molecule has 2 aromatic carbocycles. The molecule has 164 valence electrons. The number of phenolic OH excluding ortho intramolecular Hbond substituents is 1. The van der Waals surface area contributed by atoms with Gasteiger partial charge in [0.05, 0.1) is 26.9 Å². The van der Waals surface area contributed by atoms with Gasteiger partial charge in [-0.3, -0.25) is 9.36 Å². The summed E-state index contributed by atoms with van der Waals surface area (Å²) in [6.07, 6.45) is 1.72. The number of hydrogen-bond acceptors (Lipinski definition) is 6. The van der Waals surface area contributed by atoms with E-state index in [0.29, 0.717) is 30.1 Å². The van der Waals surface area contributed by atoms with Crippen molar-refractivity contribution < 1.29 is 14.6 Å². The van der Waals surface area contributed by atoms with Crippen LogP contribution >= 0.6 is 38.9 Å². The lowest BCUT2D eigenvalue weighted by Gasteiger charge is -2.25. The highest BCUT2D eigenvalue weighted by molar-refractivity contribution is 9.10. The summed E-state index contributed by atoms with van der Waals surface area (Å²) < 4.78 is 7.73. The van der Waals surface area contributed by atoms with Crippen LogP contribution in [0, 0.1) is 0 Å². The standard InChI is InChI=1S/C23H18BrClN2O4S/c1-3-31-22(30)19-12(2)26-23-27(20(19)14-6-4-5-7-16(14)25)21(29)18(32-23)11-13-8-9-17(28)15(24)10-13/h4-11,20,28H,3H2,1-2H3/b18-11-/t20-/m0/s1. The van der Waals surface area contributed by atoms with Crippen molar-refractivity contribution in [3.05, 3.63) is 94.0 Å². The van der Waals surface area contributed by atoms with Gasteiger partial charge in [0.15, 0.2) is 4.80 Å². The minimum absolute atomic E-state index is 0.108. The fraction of sp³-hybridized carbons (Fsp3) is 0.174. The SMILES string of the molecule is CCOC(=O)C1=C(C)N=c2s/c(=C\c3ccc(O)c(Br)c3)c(=O)n2[C@H]1c1ccccc1Cl. The van der Waals surface area contributed by atoms with Crippen molar-refractivity contribution >= 4 is 50.9 Å². The van der Waals surface area contributed by atoms with Gasteiger partial charge in [0.2, 0.25) is 0 Å². The number of halogens is 2. The third-order valence-corrected chi connectivity index (χ3v) is 6.95. The number of hydrogen-bond donors (Lipinski definition) is 1. The summed E-state index contributed by atoms with van der Waals surface area (Å²) in [7, 11) is 0. The zero-order chi connectivity index (χ0) is 23.0. The predicted molar refractivity (Wildman–Crippen MR) is 128 cm³/mol. The fourth-order valence-electron chi connectivity index (χ4n) is 3.55. The largest absolute Gasteiger partial charge is 0.507 e. The second kappa shape index (κ2) is 9.05. The highest BCUT2D eigenvalue weighted by atomic mass is 79.9. The van der Waals surface area contributed by atoms with Crippen LogP contribution in [0.5, 0.6) is 5.75 Å². The molecule has 0 aliphatic carbocycles. The van der Waals surface area contributed by atoms with Crippen molar-refractivity contribution in [3.8, 4) is 5.75 Å². The van der Waals surface area contributed by atoms with Gasteiger partial charge in [-0.05, 0) is 65.2 Å². The van der Waals surface area contributed by atoms with E-state index in [0.717, 1.165) is 5.56 Å². The van der Waals surface area contributed by atoms with E-state index in [1.54, 1.807) is 56.3 Å². The number of benzene rings is 2. The molecule has 6 nitrogen and oxygen atoms in total. The van der Waals surface area contributed by atoms with Crippen molar-refractivity contribution in [3.63, 3.8) is 0 Å². The molecule has 3 aromatic rings. The average Bonchev–Trinajstić information content (AvgIpc) is 3.05. The van der Waals surface area contributed by atoms with Crippen LogP contribution in [-0.4, -0.2) is 22.2 Å². The number of carbonyl (C=O) groups is 1. The van der Waals surface area contributed by atoms with Gasteiger partial charge in [0.25, 0.3) is 5.56 Å². The molecule has 9 heteroatoms. The van der Waals surface area contributed by atoms with Crippen LogP contribution in [-0.2, 0) is 9.53 Å². The quantitative estimate of drug-likeness (QED) is 0.516. The van der Waals surface area contributed by atoms with Gasteiger partial charge in [0.1, 0.15) is 11.8 Å². The molecule has 0 unspecified atom stereocenters. The molecule has 1 aliphatic heterocycles. The summed E-state index contributed by atoms with van der Waals surface area (Å²) in [5, 5.41) is 10.2. The van der Waals surface area contributed by atoms with Crippen LogP contribution in [0.15, 0.2) is 68.0 Å². The third-order valence-electron chi connectivity index (χ3n) is 4.99. The first-order valence-corrected chi connectivity index (χ1v) is 11.7. The summed E-state index contributed by atoms with van der Waals surface area (Å²) in [6.45, 7) is 3.65. The van der Waals surface area contributed by atoms with Gasteiger partial charge in [-0.1, -0.05) is 47.2 Å². The topological polar surface area (TPSA) is 80.9 Å². The molecule has 32 heavy (non-hydrogen) atoms. The maximum atomic E-state index is 13.5. The van der Waals surface area contributed by atoms with Crippen molar-refractivity contribution in [1.82, 2.24) is 4.57 Å². The summed E-state index contributed by atoms with van der Waals surface area (Å²) in [4.78, 5) is 31.4. The Kier molecular flexibility index (Phi) is 6.37. The molecular weight excluding hydrogens is 516 g/mol. The lowest BCUT2D eigenvalue weighted by atomic mass is 9.96. The number of carbonyl (C=O) groups excluding carboxylic acids is 1. The number of esters is 1. The number of fused-ring (bicyclic) bond motifs is 1. The van der Waals surface area contributed by atoms with Gasteiger partial charge in [-0.25, -0.2) is 9.79 Å². The molecule has 0 radical (unpaired) electrons. The lowest BCUT2D eigenvalue weighted by Crippen LogP contribution is -2.40. The minimum atomic E-state index is -0.757. The van der Waals surface area contributed by atoms with E-state index < -0.39 is 12.0 Å². The Hall–Kier alpha value is -2.68. The summed E-state index contributed by atoms with van der Waals surface area (Å²) in [5.74, 6) is -0.424. The molecule has 4 rings (SSSR count). The number of aromatic hydroxyl groups is 1. The third kappa shape index (κ3) is 4.05. The Morgan fingerprint density at radius 3 is 2.78 bits per heavy atom. The summed E-state index contributed by atoms with van der Waals surface area (Å²) in [5.41, 5.74) is 1.82. The highest BCUT2D eigenvalue weighted by Crippen LogP contribution is 2.34. The van der Waals surface area contributed by atoms with Crippen LogP contribution in [0.3, 0.4) is 0 Å². The molecule has 0 fully saturated rings. The molecule has 1 atom stereocenters. The molecule has 0 spiro atoms. The molecule has 1 aliphatic rings. The molecule has 0 bridgehead atoms. The van der Waals surface area contributed by atoms with Gasteiger partial charge < -0.3 is 9.84 Å². The number of phenols is 1. The molecule has 0 saturated carbocycles. The Morgan fingerprint density at radius 2 is 2.09 bits per heavy atom. The molecule has 1 aromatic heterocycles. The number of ether oxygens (including phenoxy) is 1. The molecule has 2 heterocycles. The summed E-state index contributed by atoms with van der Waals surface area (Å²) >= 11 is 11.0. The van der Waals surface area contributed by atoms with Crippen molar-refractivity contribution in [1.29, 1.82) is 0 Å². The van der Waals surface area contributed by atoms with Crippen molar-refractivity contribution in [2.24, 2.45) is 4.99 Å². The number of nitrogens with zero attached hydrogens (tertiary/aromatic N) is 2. The van der Waals surface area contributed by atoms with Gasteiger partial charge in [-0.2, -0.15) is 0 Å². The van der Waals surface area contributed by atoms with Crippen molar-refractivity contribution in [2.45, 2.75) is 19.9 Å². The van der Waals surface area contributed by atoms with E-state index in [4.69, 9.17) is 16.3 Å². The highest BCUT2D eigenvalue weighted by Gasteiger charge is 2.34. The maximum Gasteiger partial charge on any atom is 0.338 e. The molecule has 0 saturated heterocycles. The van der Waals surface area contributed by atoms with Crippen LogP contribution in [0.2, 0.25) is 5.02 Å². The first kappa shape index (κ1) is 22.5. The smallest absolute Gasteiger partial charge is 0.338 e. The Balaban J connectivity index is 1.98. The molecule has 0 amide bonds. The number of aromatic nitrogens is 1. The van der Waals surface area contributed by atoms with E-state index in [2.05, 4.69) is 20.9 Å². The van der Waals surface area contributed by atoms with E-state index in [1.807, 2.05) is 6.07 Å². The predicted octanol–water partition coefficient (Wildman–Crippen LogP) is 3.92. The van der Waals surface area contributed by atoms with Gasteiger partial charge in [0, 0.05) is 5.02 Å². The second-order valence-corrected chi connectivity index (χ2v) is 9.31.